The highest BCUT2D eigenvalue weighted by Crippen LogP contribution is 2.36. The van der Waals surface area contributed by atoms with Gasteiger partial charge in [-0.3, -0.25) is 0 Å². The van der Waals surface area contributed by atoms with Gasteiger partial charge in [0.1, 0.15) is 11.5 Å². The third-order valence-corrected chi connectivity index (χ3v) is 4.54. The standard InChI is InChI=1S/C19H18BrNO2/c1-21-18(13-4-8-15(22-2)9-5-13)12-17(20)19(21)14-6-10-16(23-3)11-7-14/h4-12H,1-3H3. The maximum absolute atomic E-state index is 5.23. The molecule has 0 unspecified atom stereocenters. The van der Waals surface area contributed by atoms with E-state index in [4.69, 9.17) is 9.47 Å². The van der Waals surface area contributed by atoms with Crippen molar-refractivity contribution in [3.8, 4) is 34.0 Å². The molecule has 2 aromatic carbocycles. The van der Waals surface area contributed by atoms with E-state index < -0.39 is 0 Å². The van der Waals surface area contributed by atoms with E-state index in [9.17, 15) is 0 Å². The van der Waals surface area contributed by atoms with Crippen molar-refractivity contribution < 1.29 is 9.47 Å². The second kappa shape index (κ2) is 6.50. The molecular weight excluding hydrogens is 354 g/mol. The number of aromatic nitrogens is 1. The van der Waals surface area contributed by atoms with Crippen LogP contribution in [0, 0.1) is 0 Å². The molecule has 0 atom stereocenters. The van der Waals surface area contributed by atoms with Crippen molar-refractivity contribution in [3.05, 3.63) is 59.1 Å². The van der Waals surface area contributed by atoms with Gasteiger partial charge in [-0.2, -0.15) is 0 Å². The van der Waals surface area contributed by atoms with Gasteiger partial charge in [-0.05, 0) is 81.7 Å². The molecule has 0 saturated carbocycles. The summed E-state index contributed by atoms with van der Waals surface area (Å²) >= 11 is 3.69. The predicted octanol–water partition coefficient (Wildman–Crippen LogP) is 5.14. The zero-order valence-electron chi connectivity index (χ0n) is 13.3. The lowest BCUT2D eigenvalue weighted by atomic mass is 10.1. The average molecular weight is 372 g/mol. The number of benzene rings is 2. The van der Waals surface area contributed by atoms with Crippen LogP contribution in [-0.4, -0.2) is 18.8 Å². The Balaban J connectivity index is 2.04. The average Bonchev–Trinajstić information content (AvgIpc) is 2.89. The van der Waals surface area contributed by atoms with Crippen LogP contribution >= 0.6 is 15.9 Å². The van der Waals surface area contributed by atoms with Crippen LogP contribution in [0.15, 0.2) is 59.1 Å². The molecule has 118 valence electrons. The Labute approximate surface area is 144 Å². The Morgan fingerprint density at radius 1 is 0.783 bits per heavy atom. The number of nitrogens with zero attached hydrogens (tertiary/aromatic N) is 1. The zero-order chi connectivity index (χ0) is 16.4. The van der Waals surface area contributed by atoms with Gasteiger partial charge in [-0.15, -0.1) is 0 Å². The highest BCUT2D eigenvalue weighted by atomic mass is 79.9. The van der Waals surface area contributed by atoms with E-state index in [2.05, 4.69) is 57.9 Å². The predicted molar refractivity (Wildman–Crippen MR) is 97.1 cm³/mol. The maximum Gasteiger partial charge on any atom is 0.118 e. The molecule has 0 saturated heterocycles. The van der Waals surface area contributed by atoms with Crippen molar-refractivity contribution in [3.63, 3.8) is 0 Å². The molecule has 0 bridgehead atoms. The van der Waals surface area contributed by atoms with Gasteiger partial charge < -0.3 is 14.0 Å². The first kappa shape index (κ1) is 15.7. The Hall–Kier alpha value is -2.20. The third-order valence-electron chi connectivity index (χ3n) is 3.94. The summed E-state index contributed by atoms with van der Waals surface area (Å²) in [4.78, 5) is 0. The molecule has 3 aromatic rings. The molecule has 23 heavy (non-hydrogen) atoms. The Kier molecular flexibility index (Phi) is 4.44. The fourth-order valence-electron chi connectivity index (χ4n) is 2.69. The number of hydrogen-bond acceptors (Lipinski definition) is 2. The SMILES string of the molecule is COc1ccc(-c2cc(Br)c(-c3ccc(OC)cc3)n2C)cc1. The van der Waals surface area contributed by atoms with Gasteiger partial charge in [-0.1, -0.05) is 0 Å². The summed E-state index contributed by atoms with van der Waals surface area (Å²) in [6.45, 7) is 0. The molecule has 0 aliphatic rings. The van der Waals surface area contributed by atoms with Crippen molar-refractivity contribution in [2.75, 3.05) is 14.2 Å². The Bertz CT molecular complexity index is 805. The summed E-state index contributed by atoms with van der Waals surface area (Å²) in [7, 11) is 5.43. The number of halogens is 1. The highest BCUT2D eigenvalue weighted by molar-refractivity contribution is 9.10. The van der Waals surface area contributed by atoms with Gasteiger partial charge in [0.15, 0.2) is 0 Å². The monoisotopic (exact) mass is 371 g/mol. The summed E-state index contributed by atoms with van der Waals surface area (Å²) in [6, 6.07) is 18.3. The van der Waals surface area contributed by atoms with Crippen LogP contribution in [0.3, 0.4) is 0 Å². The van der Waals surface area contributed by atoms with Gasteiger partial charge >= 0.3 is 0 Å². The van der Waals surface area contributed by atoms with Gasteiger partial charge in [0, 0.05) is 17.2 Å². The summed E-state index contributed by atoms with van der Waals surface area (Å²) in [6.07, 6.45) is 0. The van der Waals surface area contributed by atoms with Crippen LogP contribution in [0.25, 0.3) is 22.5 Å². The van der Waals surface area contributed by atoms with Crippen molar-refractivity contribution in [1.82, 2.24) is 4.57 Å². The molecule has 0 radical (unpaired) electrons. The minimum Gasteiger partial charge on any atom is -0.497 e. The molecule has 1 aromatic heterocycles. The first-order valence-electron chi connectivity index (χ1n) is 7.28. The molecule has 3 rings (SSSR count). The fourth-order valence-corrected chi connectivity index (χ4v) is 3.40. The highest BCUT2D eigenvalue weighted by Gasteiger charge is 2.14. The van der Waals surface area contributed by atoms with Crippen molar-refractivity contribution in [2.24, 2.45) is 7.05 Å². The minimum absolute atomic E-state index is 0.856. The van der Waals surface area contributed by atoms with Crippen LogP contribution in [0.2, 0.25) is 0 Å². The summed E-state index contributed by atoms with van der Waals surface area (Å²) in [5.41, 5.74) is 4.57. The molecular formula is C19H18BrNO2. The van der Waals surface area contributed by atoms with Crippen LogP contribution < -0.4 is 9.47 Å². The molecule has 0 fully saturated rings. The Morgan fingerprint density at radius 3 is 1.74 bits per heavy atom. The second-order valence-corrected chi connectivity index (χ2v) is 6.10. The molecule has 3 nitrogen and oxygen atoms in total. The fraction of sp³-hybridized carbons (Fsp3) is 0.158. The first-order valence-corrected chi connectivity index (χ1v) is 8.07. The van der Waals surface area contributed by atoms with E-state index in [1.165, 1.54) is 0 Å². The van der Waals surface area contributed by atoms with E-state index in [-0.39, 0.29) is 0 Å². The Morgan fingerprint density at radius 2 is 1.26 bits per heavy atom. The summed E-state index contributed by atoms with van der Waals surface area (Å²) < 4.78 is 13.7. The van der Waals surface area contributed by atoms with Gasteiger partial charge in [0.2, 0.25) is 0 Å². The van der Waals surface area contributed by atoms with Gasteiger partial charge in [0.05, 0.1) is 19.9 Å². The smallest absolute Gasteiger partial charge is 0.118 e. The van der Waals surface area contributed by atoms with E-state index in [1.54, 1.807) is 14.2 Å². The molecule has 0 spiro atoms. The van der Waals surface area contributed by atoms with Crippen LogP contribution in [0.1, 0.15) is 0 Å². The minimum atomic E-state index is 0.856. The first-order chi connectivity index (χ1) is 11.1. The van der Waals surface area contributed by atoms with E-state index in [1.807, 2.05) is 24.3 Å². The quantitative estimate of drug-likeness (QED) is 0.633. The number of ether oxygens (including phenoxy) is 2. The largest absolute Gasteiger partial charge is 0.497 e. The van der Waals surface area contributed by atoms with E-state index in [0.717, 1.165) is 38.5 Å². The van der Waals surface area contributed by atoms with Crippen LogP contribution in [-0.2, 0) is 7.05 Å². The van der Waals surface area contributed by atoms with Crippen LogP contribution in [0.4, 0.5) is 0 Å². The van der Waals surface area contributed by atoms with E-state index >= 15 is 0 Å². The normalized spacial score (nSPS) is 10.6. The lowest BCUT2D eigenvalue weighted by Gasteiger charge is -2.10. The van der Waals surface area contributed by atoms with E-state index in [0.29, 0.717) is 0 Å². The second-order valence-electron chi connectivity index (χ2n) is 5.24. The van der Waals surface area contributed by atoms with Gasteiger partial charge in [-0.25, -0.2) is 0 Å². The van der Waals surface area contributed by atoms with Crippen molar-refractivity contribution in [1.29, 1.82) is 0 Å². The van der Waals surface area contributed by atoms with Crippen LogP contribution in [0.5, 0.6) is 11.5 Å². The van der Waals surface area contributed by atoms with Crippen molar-refractivity contribution >= 4 is 15.9 Å². The molecule has 0 aliphatic heterocycles. The zero-order valence-corrected chi connectivity index (χ0v) is 14.9. The molecule has 1 heterocycles. The van der Waals surface area contributed by atoms with Crippen molar-refractivity contribution in [2.45, 2.75) is 0 Å². The third kappa shape index (κ3) is 2.99. The lowest BCUT2D eigenvalue weighted by Crippen LogP contribution is -1.95. The summed E-state index contributed by atoms with van der Waals surface area (Å²) in [5.74, 6) is 1.71. The topological polar surface area (TPSA) is 23.4 Å². The summed E-state index contributed by atoms with van der Waals surface area (Å²) in [5, 5.41) is 0. The number of rotatable bonds is 4. The number of hydrogen-bond donors (Lipinski definition) is 0. The maximum atomic E-state index is 5.23. The molecule has 0 N–H and O–H groups in total. The molecule has 0 amide bonds. The lowest BCUT2D eigenvalue weighted by molar-refractivity contribution is 0.415. The van der Waals surface area contributed by atoms with Gasteiger partial charge in [0.25, 0.3) is 0 Å². The molecule has 0 aliphatic carbocycles. The number of methoxy groups -OCH3 is 2. The molecule has 4 heteroatoms.